The van der Waals surface area contributed by atoms with Crippen LogP contribution >= 0.6 is 0 Å². The third-order valence-corrected chi connectivity index (χ3v) is 4.06. The number of carbonyl (C=O) groups is 3. The molecule has 0 aliphatic rings. The molecule has 0 aromatic carbocycles. The van der Waals surface area contributed by atoms with Gasteiger partial charge >= 0.3 is 0 Å². The lowest BCUT2D eigenvalue weighted by atomic mass is 10.0. The minimum Gasteiger partial charge on any atom is -0.367 e. The van der Waals surface area contributed by atoms with Crippen molar-refractivity contribution in [2.24, 2.45) is 5.73 Å². The molecule has 3 aromatic rings. The van der Waals surface area contributed by atoms with Crippen molar-refractivity contribution >= 4 is 17.6 Å². The highest BCUT2D eigenvalue weighted by atomic mass is 16.2. The fourth-order valence-electron chi connectivity index (χ4n) is 2.76. The molecule has 1 unspecified atom stereocenters. The lowest BCUT2D eigenvalue weighted by molar-refractivity contribution is -0.137. The highest BCUT2D eigenvalue weighted by molar-refractivity contribution is 6.38. The molecule has 1 atom stereocenters. The van der Waals surface area contributed by atoms with Gasteiger partial charge in [0.25, 0.3) is 11.8 Å². The van der Waals surface area contributed by atoms with Gasteiger partial charge in [0.15, 0.2) is 0 Å². The van der Waals surface area contributed by atoms with E-state index in [4.69, 9.17) is 5.73 Å². The molecule has 0 aliphatic carbocycles. The Morgan fingerprint density at radius 1 is 1.26 bits per heavy atom. The Morgan fingerprint density at radius 2 is 2.00 bits per heavy atom. The van der Waals surface area contributed by atoms with Gasteiger partial charge in [-0.3, -0.25) is 23.9 Å². The van der Waals surface area contributed by atoms with Crippen molar-refractivity contribution < 1.29 is 14.4 Å². The first-order chi connectivity index (χ1) is 13.0. The first-order valence-corrected chi connectivity index (χ1v) is 8.18. The zero-order chi connectivity index (χ0) is 19.4. The van der Waals surface area contributed by atoms with E-state index in [0.29, 0.717) is 11.5 Å². The van der Waals surface area contributed by atoms with Gasteiger partial charge in [-0.1, -0.05) is 0 Å². The van der Waals surface area contributed by atoms with Gasteiger partial charge in [-0.2, -0.15) is 0 Å². The number of amides is 2. The van der Waals surface area contributed by atoms with Crippen LogP contribution in [0.5, 0.6) is 0 Å². The molecule has 0 spiro atoms. The number of ketones is 1. The van der Waals surface area contributed by atoms with E-state index in [1.54, 1.807) is 54.5 Å². The Kier molecular flexibility index (Phi) is 5.11. The van der Waals surface area contributed by atoms with E-state index in [1.807, 2.05) is 0 Å². The van der Waals surface area contributed by atoms with Gasteiger partial charge in [0.05, 0.1) is 11.9 Å². The van der Waals surface area contributed by atoms with Gasteiger partial charge < -0.3 is 16.0 Å². The number of nitrogens with one attached hydrogen (secondary N) is 2. The van der Waals surface area contributed by atoms with Crippen LogP contribution < -0.4 is 11.1 Å². The molecule has 4 N–H and O–H groups in total. The van der Waals surface area contributed by atoms with Crippen LogP contribution in [0.25, 0.3) is 5.69 Å². The predicted molar refractivity (Wildman–Crippen MR) is 96.0 cm³/mol. The van der Waals surface area contributed by atoms with Crippen molar-refractivity contribution in [2.45, 2.75) is 19.4 Å². The number of Topliss-reactive ketones (excluding diaryl/α,β-unsaturated/α-hetero) is 1. The van der Waals surface area contributed by atoms with Crippen LogP contribution in [-0.2, 0) is 16.0 Å². The zero-order valence-electron chi connectivity index (χ0n) is 14.5. The molecule has 0 saturated carbocycles. The summed E-state index contributed by atoms with van der Waals surface area (Å²) in [5.74, 6) is -1.91. The number of nitrogens with two attached hydrogens (primary N) is 1. The Labute approximate surface area is 154 Å². The molecular formula is C18H18N6O3. The molecule has 27 heavy (non-hydrogen) atoms. The lowest BCUT2D eigenvalue weighted by Gasteiger charge is -2.17. The van der Waals surface area contributed by atoms with Gasteiger partial charge in [-0.25, -0.2) is 4.98 Å². The average Bonchev–Trinajstić information content (AvgIpc) is 3.30. The molecule has 138 valence electrons. The summed E-state index contributed by atoms with van der Waals surface area (Å²) in [5.41, 5.74) is 6.83. The second-order valence-corrected chi connectivity index (χ2v) is 5.91. The maximum Gasteiger partial charge on any atom is 0.287 e. The van der Waals surface area contributed by atoms with Crippen molar-refractivity contribution in [3.63, 3.8) is 0 Å². The van der Waals surface area contributed by atoms with Gasteiger partial charge in [-0.05, 0) is 30.7 Å². The van der Waals surface area contributed by atoms with Crippen LogP contribution in [0.1, 0.15) is 21.9 Å². The average molecular weight is 366 g/mol. The highest BCUT2D eigenvalue weighted by Gasteiger charge is 2.27. The fourth-order valence-corrected chi connectivity index (χ4v) is 2.76. The van der Waals surface area contributed by atoms with E-state index in [-0.39, 0.29) is 12.1 Å². The second-order valence-electron chi connectivity index (χ2n) is 5.91. The van der Waals surface area contributed by atoms with Crippen LogP contribution in [0.3, 0.4) is 0 Å². The minimum atomic E-state index is -1.10. The number of imidazole rings is 1. The van der Waals surface area contributed by atoms with Crippen molar-refractivity contribution in [3.05, 3.63) is 66.3 Å². The Hall–Kier alpha value is -3.75. The molecule has 0 fully saturated rings. The smallest absolute Gasteiger partial charge is 0.287 e. The quantitative estimate of drug-likeness (QED) is 0.517. The standard InChI is InChI=1S/C18H18N6O3/c1-11-22-10-15(24(11)13-3-6-20-7-4-13)18(27)23-14(16(25)17(19)26)8-12-2-5-21-9-12/h2-7,9-10,14,21H,8H2,1H3,(H2,19,26)(H,23,27). The minimum absolute atomic E-state index is 0.138. The van der Waals surface area contributed by atoms with E-state index in [9.17, 15) is 14.4 Å². The van der Waals surface area contributed by atoms with Gasteiger partial charge in [0, 0.05) is 31.2 Å². The van der Waals surface area contributed by atoms with E-state index >= 15 is 0 Å². The first-order valence-electron chi connectivity index (χ1n) is 8.18. The fraction of sp³-hybridized carbons (Fsp3) is 0.167. The number of aromatic nitrogens is 4. The Bertz CT molecular complexity index is 962. The third-order valence-electron chi connectivity index (χ3n) is 4.06. The molecule has 3 heterocycles. The van der Waals surface area contributed by atoms with E-state index in [2.05, 4.69) is 20.3 Å². The zero-order valence-corrected chi connectivity index (χ0v) is 14.5. The number of aryl methyl sites for hydroxylation is 1. The van der Waals surface area contributed by atoms with Crippen molar-refractivity contribution in [2.75, 3.05) is 0 Å². The van der Waals surface area contributed by atoms with Crippen LogP contribution in [0.4, 0.5) is 0 Å². The summed E-state index contributed by atoms with van der Waals surface area (Å²) in [6.07, 6.45) is 8.11. The summed E-state index contributed by atoms with van der Waals surface area (Å²) in [6.45, 7) is 1.75. The molecule has 9 heteroatoms. The highest BCUT2D eigenvalue weighted by Crippen LogP contribution is 2.14. The number of aromatic amines is 1. The van der Waals surface area contributed by atoms with E-state index in [1.165, 1.54) is 6.20 Å². The van der Waals surface area contributed by atoms with Crippen LogP contribution in [0.15, 0.2) is 49.2 Å². The topological polar surface area (TPSA) is 136 Å². The molecule has 0 bridgehead atoms. The summed E-state index contributed by atoms with van der Waals surface area (Å²) < 4.78 is 1.64. The van der Waals surface area contributed by atoms with Crippen molar-refractivity contribution in [1.29, 1.82) is 0 Å². The summed E-state index contributed by atoms with van der Waals surface area (Å²) in [4.78, 5) is 47.4. The number of nitrogens with zero attached hydrogens (tertiary/aromatic N) is 3. The Morgan fingerprint density at radius 3 is 2.63 bits per heavy atom. The summed E-state index contributed by atoms with van der Waals surface area (Å²) in [5, 5.41) is 2.60. The number of H-pyrrole nitrogens is 1. The van der Waals surface area contributed by atoms with E-state index in [0.717, 1.165) is 5.56 Å². The number of primary amides is 1. The van der Waals surface area contributed by atoms with Crippen LogP contribution in [0.2, 0.25) is 0 Å². The normalized spacial score (nSPS) is 11.7. The molecule has 0 aliphatic heterocycles. The molecule has 2 amide bonds. The monoisotopic (exact) mass is 366 g/mol. The molecular weight excluding hydrogens is 348 g/mol. The summed E-state index contributed by atoms with van der Waals surface area (Å²) >= 11 is 0. The number of carbonyl (C=O) groups excluding carboxylic acids is 3. The second kappa shape index (κ2) is 7.65. The van der Waals surface area contributed by atoms with E-state index < -0.39 is 23.6 Å². The van der Waals surface area contributed by atoms with Gasteiger partial charge in [0.2, 0.25) is 5.78 Å². The predicted octanol–water partition coefficient (Wildman–Crippen LogP) is 0.299. The number of hydrogen-bond acceptors (Lipinski definition) is 5. The van der Waals surface area contributed by atoms with Crippen LogP contribution in [-0.4, -0.2) is 43.2 Å². The maximum atomic E-state index is 12.8. The SMILES string of the molecule is Cc1ncc(C(=O)NC(Cc2cc[nH]c2)C(=O)C(N)=O)n1-c1ccncc1. The van der Waals surface area contributed by atoms with Gasteiger partial charge in [0.1, 0.15) is 17.6 Å². The molecule has 9 nitrogen and oxygen atoms in total. The largest absolute Gasteiger partial charge is 0.367 e. The van der Waals surface area contributed by atoms with Gasteiger partial charge in [-0.15, -0.1) is 0 Å². The van der Waals surface area contributed by atoms with Crippen molar-refractivity contribution in [3.8, 4) is 5.69 Å². The maximum absolute atomic E-state index is 12.8. The number of pyridine rings is 1. The lowest BCUT2D eigenvalue weighted by Crippen LogP contribution is -2.47. The van der Waals surface area contributed by atoms with Crippen LogP contribution in [0, 0.1) is 6.92 Å². The third kappa shape index (κ3) is 3.92. The Balaban J connectivity index is 1.88. The van der Waals surface area contributed by atoms with Crippen molar-refractivity contribution in [1.82, 2.24) is 24.8 Å². The summed E-state index contributed by atoms with van der Waals surface area (Å²) in [6, 6.07) is 4.14. The summed E-state index contributed by atoms with van der Waals surface area (Å²) in [7, 11) is 0. The molecule has 0 saturated heterocycles. The molecule has 3 aromatic heterocycles. The molecule has 0 radical (unpaired) electrons. The number of rotatable bonds is 7. The first kappa shape index (κ1) is 18.1. The number of hydrogen-bond donors (Lipinski definition) is 3. The molecule has 3 rings (SSSR count).